The Morgan fingerprint density at radius 1 is 1.00 bits per heavy atom. The van der Waals surface area contributed by atoms with Crippen molar-refractivity contribution in [3.05, 3.63) is 0 Å². The van der Waals surface area contributed by atoms with E-state index in [-0.39, 0.29) is 0 Å². The molecule has 1 saturated carbocycles. The molecule has 0 spiro atoms. The number of nitrogens with zero attached hydrogens (tertiary/aromatic N) is 2. The van der Waals surface area contributed by atoms with Crippen molar-refractivity contribution >= 4 is 0 Å². The highest BCUT2D eigenvalue weighted by Gasteiger charge is 2.25. The molecule has 0 aromatic carbocycles. The zero-order chi connectivity index (χ0) is 12.8. The summed E-state index contributed by atoms with van der Waals surface area (Å²) in [6.45, 7) is 6.26. The molecule has 18 heavy (non-hydrogen) atoms. The van der Waals surface area contributed by atoms with Crippen LogP contribution in [0.4, 0.5) is 0 Å². The molecule has 106 valence electrons. The number of nitrogens with one attached hydrogen (secondary N) is 1. The van der Waals surface area contributed by atoms with Crippen LogP contribution in [0.5, 0.6) is 0 Å². The molecular weight excluding hydrogens is 222 g/mol. The molecule has 2 aliphatic rings. The summed E-state index contributed by atoms with van der Waals surface area (Å²) >= 11 is 0. The molecule has 1 atom stereocenters. The summed E-state index contributed by atoms with van der Waals surface area (Å²) in [7, 11) is 4.38. The van der Waals surface area contributed by atoms with E-state index in [0.717, 1.165) is 12.0 Å². The standard InChI is InChI=1S/C15H31N3/c1-17(2)10-11-18(15-7-3-4-8-15)13-14-6-5-9-16-12-14/h14-16H,3-13H2,1-2H3. The van der Waals surface area contributed by atoms with Gasteiger partial charge in [0.1, 0.15) is 0 Å². The summed E-state index contributed by atoms with van der Waals surface area (Å²) in [5, 5.41) is 3.56. The minimum atomic E-state index is 0.881. The minimum absolute atomic E-state index is 0.881. The van der Waals surface area contributed by atoms with E-state index >= 15 is 0 Å². The quantitative estimate of drug-likeness (QED) is 0.778. The van der Waals surface area contributed by atoms with Crippen molar-refractivity contribution in [2.45, 2.75) is 44.6 Å². The lowest BCUT2D eigenvalue weighted by atomic mass is 9.98. The van der Waals surface area contributed by atoms with Gasteiger partial charge in [-0.2, -0.15) is 0 Å². The van der Waals surface area contributed by atoms with Gasteiger partial charge in [0.15, 0.2) is 0 Å². The third-order valence-corrected chi connectivity index (χ3v) is 4.57. The highest BCUT2D eigenvalue weighted by Crippen LogP contribution is 2.25. The van der Waals surface area contributed by atoms with E-state index in [1.54, 1.807) is 0 Å². The van der Waals surface area contributed by atoms with Gasteiger partial charge in [-0.1, -0.05) is 12.8 Å². The van der Waals surface area contributed by atoms with E-state index < -0.39 is 0 Å². The molecule has 0 amide bonds. The van der Waals surface area contributed by atoms with Crippen LogP contribution in [0.1, 0.15) is 38.5 Å². The van der Waals surface area contributed by atoms with Crippen LogP contribution in [0.3, 0.4) is 0 Å². The smallest absolute Gasteiger partial charge is 0.0112 e. The molecule has 1 aliphatic heterocycles. The fourth-order valence-corrected chi connectivity index (χ4v) is 3.43. The number of hydrogen-bond acceptors (Lipinski definition) is 3. The first kappa shape index (κ1) is 14.3. The molecule has 3 heteroatoms. The van der Waals surface area contributed by atoms with Crippen molar-refractivity contribution in [1.29, 1.82) is 0 Å². The van der Waals surface area contributed by atoms with Gasteiger partial charge in [-0.3, -0.25) is 4.90 Å². The maximum absolute atomic E-state index is 3.56. The van der Waals surface area contributed by atoms with Gasteiger partial charge in [0.05, 0.1) is 0 Å². The van der Waals surface area contributed by atoms with E-state index in [0.29, 0.717) is 0 Å². The Labute approximate surface area is 113 Å². The summed E-state index contributed by atoms with van der Waals surface area (Å²) in [5.41, 5.74) is 0. The lowest BCUT2D eigenvalue weighted by Gasteiger charge is -2.34. The average Bonchev–Trinajstić information content (AvgIpc) is 2.89. The van der Waals surface area contributed by atoms with Crippen LogP contribution in [0.2, 0.25) is 0 Å². The van der Waals surface area contributed by atoms with Crippen molar-refractivity contribution in [2.75, 3.05) is 46.8 Å². The van der Waals surface area contributed by atoms with Crippen LogP contribution >= 0.6 is 0 Å². The van der Waals surface area contributed by atoms with E-state index in [1.807, 2.05) is 0 Å². The Bertz CT molecular complexity index is 218. The molecule has 1 unspecified atom stereocenters. The summed E-state index contributed by atoms with van der Waals surface area (Å²) in [5.74, 6) is 0.890. The lowest BCUT2D eigenvalue weighted by molar-refractivity contribution is 0.143. The molecule has 2 rings (SSSR count). The summed E-state index contributed by atoms with van der Waals surface area (Å²) in [6, 6.07) is 0.881. The number of rotatable bonds is 6. The Kier molecular flexibility index (Phi) is 5.93. The zero-order valence-corrected chi connectivity index (χ0v) is 12.3. The molecule has 2 fully saturated rings. The van der Waals surface area contributed by atoms with Crippen LogP contribution in [-0.2, 0) is 0 Å². The molecule has 1 heterocycles. The van der Waals surface area contributed by atoms with Gasteiger partial charge in [-0.15, -0.1) is 0 Å². The lowest BCUT2D eigenvalue weighted by Crippen LogP contribution is -2.44. The molecule has 1 N–H and O–H groups in total. The predicted molar refractivity (Wildman–Crippen MR) is 78.0 cm³/mol. The minimum Gasteiger partial charge on any atom is -0.316 e. The Balaban J connectivity index is 1.81. The maximum Gasteiger partial charge on any atom is 0.0112 e. The van der Waals surface area contributed by atoms with E-state index in [2.05, 4.69) is 29.2 Å². The van der Waals surface area contributed by atoms with Gasteiger partial charge in [-0.25, -0.2) is 0 Å². The first-order chi connectivity index (χ1) is 8.75. The average molecular weight is 253 g/mol. The first-order valence-corrected chi connectivity index (χ1v) is 7.85. The fraction of sp³-hybridized carbons (Fsp3) is 1.00. The largest absolute Gasteiger partial charge is 0.316 e. The number of hydrogen-bond donors (Lipinski definition) is 1. The summed E-state index contributed by atoms with van der Waals surface area (Å²) in [6.07, 6.45) is 8.58. The highest BCUT2D eigenvalue weighted by atomic mass is 15.2. The van der Waals surface area contributed by atoms with Gasteiger partial charge in [0.2, 0.25) is 0 Å². The van der Waals surface area contributed by atoms with E-state index in [4.69, 9.17) is 0 Å². The second kappa shape index (κ2) is 7.46. The second-order valence-corrected chi connectivity index (χ2v) is 6.45. The molecule has 1 aliphatic carbocycles. The van der Waals surface area contributed by atoms with Crippen LogP contribution < -0.4 is 5.32 Å². The highest BCUT2D eigenvalue weighted by molar-refractivity contribution is 4.81. The van der Waals surface area contributed by atoms with Crippen LogP contribution in [0, 0.1) is 5.92 Å². The third-order valence-electron chi connectivity index (χ3n) is 4.57. The molecule has 0 aromatic rings. The molecule has 0 bridgehead atoms. The molecular formula is C15H31N3. The Morgan fingerprint density at radius 2 is 1.78 bits per heavy atom. The monoisotopic (exact) mass is 253 g/mol. The van der Waals surface area contributed by atoms with Gasteiger partial charge in [-0.05, 0) is 58.8 Å². The van der Waals surface area contributed by atoms with Crippen molar-refractivity contribution in [1.82, 2.24) is 15.1 Å². The first-order valence-electron chi connectivity index (χ1n) is 7.85. The predicted octanol–water partition coefficient (Wildman–Crippen LogP) is 1.79. The van der Waals surface area contributed by atoms with E-state index in [1.165, 1.54) is 71.2 Å². The second-order valence-electron chi connectivity index (χ2n) is 6.45. The Morgan fingerprint density at radius 3 is 2.39 bits per heavy atom. The zero-order valence-electron chi connectivity index (χ0n) is 12.3. The maximum atomic E-state index is 3.56. The van der Waals surface area contributed by atoms with Gasteiger partial charge < -0.3 is 10.2 Å². The summed E-state index contributed by atoms with van der Waals surface area (Å²) in [4.78, 5) is 5.12. The van der Waals surface area contributed by atoms with Gasteiger partial charge in [0, 0.05) is 25.7 Å². The van der Waals surface area contributed by atoms with Crippen molar-refractivity contribution in [3.8, 4) is 0 Å². The molecule has 3 nitrogen and oxygen atoms in total. The SMILES string of the molecule is CN(C)CCN(CC1CCCNC1)C1CCCC1. The normalized spacial score (nSPS) is 26.3. The topological polar surface area (TPSA) is 18.5 Å². The number of piperidine rings is 1. The van der Waals surface area contributed by atoms with Crippen molar-refractivity contribution in [2.24, 2.45) is 5.92 Å². The molecule has 1 saturated heterocycles. The van der Waals surface area contributed by atoms with Crippen LogP contribution in [0.15, 0.2) is 0 Å². The Hall–Kier alpha value is -0.120. The van der Waals surface area contributed by atoms with Crippen LogP contribution in [-0.4, -0.2) is 62.7 Å². The van der Waals surface area contributed by atoms with Crippen molar-refractivity contribution < 1.29 is 0 Å². The number of likely N-dealkylation sites (N-methyl/N-ethyl adjacent to an activating group) is 1. The van der Waals surface area contributed by atoms with Gasteiger partial charge in [0.25, 0.3) is 0 Å². The van der Waals surface area contributed by atoms with Crippen molar-refractivity contribution in [3.63, 3.8) is 0 Å². The van der Waals surface area contributed by atoms with Gasteiger partial charge >= 0.3 is 0 Å². The molecule has 0 aromatic heterocycles. The van der Waals surface area contributed by atoms with E-state index in [9.17, 15) is 0 Å². The summed E-state index contributed by atoms with van der Waals surface area (Å²) < 4.78 is 0. The fourth-order valence-electron chi connectivity index (χ4n) is 3.43. The molecule has 0 radical (unpaired) electrons. The van der Waals surface area contributed by atoms with Crippen LogP contribution in [0.25, 0.3) is 0 Å². The third kappa shape index (κ3) is 4.52.